The Morgan fingerprint density at radius 2 is 1.79 bits per heavy atom. The summed E-state index contributed by atoms with van der Waals surface area (Å²) in [4.78, 5) is 41.3. The fourth-order valence-electron chi connectivity index (χ4n) is 5.53. The summed E-state index contributed by atoms with van der Waals surface area (Å²) in [5.41, 5.74) is 4.29. The van der Waals surface area contributed by atoms with Gasteiger partial charge in [-0.15, -0.1) is 0 Å². The molecule has 0 atom stereocenters. The second kappa shape index (κ2) is 8.09. The fourth-order valence-corrected chi connectivity index (χ4v) is 5.53. The molecule has 0 N–H and O–H groups in total. The molecule has 3 aliphatic rings. The monoisotopic (exact) mass is 450 g/mol. The predicted octanol–water partition coefficient (Wildman–Crippen LogP) is 2.13. The van der Waals surface area contributed by atoms with Gasteiger partial charge in [0.25, 0.3) is 5.56 Å². The number of cyclic esters (lactones) is 1. The van der Waals surface area contributed by atoms with Crippen LogP contribution in [0.3, 0.4) is 0 Å². The predicted molar refractivity (Wildman–Crippen MR) is 123 cm³/mol. The second-order valence-corrected chi connectivity index (χ2v) is 9.65. The number of amides is 1. The molecule has 1 aromatic carbocycles. The van der Waals surface area contributed by atoms with Gasteiger partial charge < -0.3 is 9.64 Å². The fraction of sp³-hybridized carbons (Fsp3) is 0.520. The Hall–Kier alpha value is -3.00. The minimum atomic E-state index is -0.317. The Morgan fingerprint density at radius 3 is 2.52 bits per heavy atom. The van der Waals surface area contributed by atoms with Gasteiger partial charge >= 0.3 is 5.97 Å². The van der Waals surface area contributed by atoms with Crippen molar-refractivity contribution in [2.45, 2.75) is 46.1 Å². The highest BCUT2D eigenvalue weighted by molar-refractivity contribution is 5.99. The number of fused-ring (bicyclic) bond motifs is 1. The van der Waals surface area contributed by atoms with Gasteiger partial charge in [-0.25, -0.2) is 9.48 Å². The van der Waals surface area contributed by atoms with Crippen LogP contribution in [0.25, 0.3) is 0 Å². The Labute approximate surface area is 193 Å². The van der Waals surface area contributed by atoms with E-state index in [2.05, 4.69) is 16.9 Å². The molecule has 8 nitrogen and oxygen atoms in total. The Kier molecular flexibility index (Phi) is 5.35. The quantitative estimate of drug-likeness (QED) is 0.664. The molecule has 0 aliphatic carbocycles. The maximum absolute atomic E-state index is 13.4. The summed E-state index contributed by atoms with van der Waals surface area (Å²) < 4.78 is 6.48. The van der Waals surface area contributed by atoms with E-state index in [1.54, 1.807) is 24.9 Å². The Balaban J connectivity index is 1.21. The molecule has 3 aliphatic heterocycles. The summed E-state index contributed by atoms with van der Waals surface area (Å²) in [6.07, 6.45) is 3.44. The first-order valence-electron chi connectivity index (χ1n) is 11.7. The third-order valence-electron chi connectivity index (χ3n) is 7.81. The number of nitrogens with zero attached hydrogens (tertiary/aromatic N) is 4. The van der Waals surface area contributed by atoms with Gasteiger partial charge in [-0.1, -0.05) is 6.07 Å². The number of hydrogen-bond acceptors (Lipinski definition) is 6. The maximum atomic E-state index is 13.4. The van der Waals surface area contributed by atoms with Crippen molar-refractivity contribution in [1.29, 1.82) is 0 Å². The number of aryl methyl sites for hydroxylation is 2. The van der Waals surface area contributed by atoms with Gasteiger partial charge in [-0.2, -0.15) is 5.10 Å². The zero-order valence-electron chi connectivity index (χ0n) is 19.5. The molecule has 0 bridgehead atoms. The number of aromatic nitrogens is 2. The average Bonchev–Trinajstić information content (AvgIpc) is 3.33. The van der Waals surface area contributed by atoms with Crippen LogP contribution in [0.15, 0.2) is 23.0 Å². The summed E-state index contributed by atoms with van der Waals surface area (Å²) in [5, 5.41) is 4.33. The zero-order valence-corrected chi connectivity index (χ0v) is 19.5. The van der Waals surface area contributed by atoms with E-state index in [-0.39, 0.29) is 22.9 Å². The van der Waals surface area contributed by atoms with Crippen molar-refractivity contribution in [1.82, 2.24) is 14.7 Å². The van der Waals surface area contributed by atoms with Crippen LogP contribution < -0.4 is 10.5 Å². The highest BCUT2D eigenvalue weighted by Gasteiger charge is 2.48. The van der Waals surface area contributed by atoms with Gasteiger partial charge in [-0.3, -0.25) is 14.5 Å². The van der Waals surface area contributed by atoms with E-state index in [0.29, 0.717) is 30.1 Å². The second-order valence-electron chi connectivity index (χ2n) is 9.65. The minimum absolute atomic E-state index is 0.133. The van der Waals surface area contributed by atoms with Crippen LogP contribution in [-0.4, -0.2) is 52.7 Å². The zero-order chi connectivity index (χ0) is 23.3. The smallest absolute Gasteiger partial charge is 0.338 e. The van der Waals surface area contributed by atoms with Crippen LogP contribution in [0.1, 0.15) is 51.9 Å². The summed E-state index contributed by atoms with van der Waals surface area (Å²) >= 11 is 0. The lowest BCUT2D eigenvalue weighted by molar-refractivity contribution is -0.128. The van der Waals surface area contributed by atoms with E-state index in [9.17, 15) is 14.4 Å². The van der Waals surface area contributed by atoms with Crippen LogP contribution in [-0.2, 0) is 29.6 Å². The maximum Gasteiger partial charge on any atom is 0.338 e. The molecule has 1 aromatic heterocycles. The van der Waals surface area contributed by atoms with Gasteiger partial charge in [0.1, 0.15) is 6.61 Å². The molecule has 1 amide bonds. The van der Waals surface area contributed by atoms with Crippen molar-refractivity contribution in [2.24, 2.45) is 12.5 Å². The number of piperidine rings is 1. The molecule has 5 rings (SSSR count). The van der Waals surface area contributed by atoms with Crippen LogP contribution in [0.2, 0.25) is 0 Å². The van der Waals surface area contributed by atoms with E-state index in [0.717, 1.165) is 56.4 Å². The SMILES string of the molecule is Cc1c(CCN2CCC3(CC2)CCN(c2cc(C)c(=O)n(C)n2)C3=O)ccc2c1COC2=O. The lowest BCUT2D eigenvalue weighted by atomic mass is 9.77. The van der Waals surface area contributed by atoms with Crippen molar-refractivity contribution in [3.8, 4) is 0 Å². The Bertz CT molecular complexity index is 1170. The number of benzene rings is 1. The number of carbonyl (C=O) groups excluding carboxylic acids is 2. The molecule has 33 heavy (non-hydrogen) atoms. The molecule has 2 saturated heterocycles. The number of carbonyl (C=O) groups is 2. The van der Waals surface area contributed by atoms with Gasteiger partial charge in [0, 0.05) is 31.3 Å². The van der Waals surface area contributed by atoms with Crippen molar-refractivity contribution in [2.75, 3.05) is 31.1 Å². The summed E-state index contributed by atoms with van der Waals surface area (Å²) in [7, 11) is 1.63. The van der Waals surface area contributed by atoms with Gasteiger partial charge in [-0.05, 0) is 75.9 Å². The number of rotatable bonds is 4. The van der Waals surface area contributed by atoms with Crippen molar-refractivity contribution in [3.05, 3.63) is 56.4 Å². The van der Waals surface area contributed by atoms with E-state index in [1.165, 1.54) is 10.2 Å². The highest BCUT2D eigenvalue weighted by Crippen LogP contribution is 2.42. The van der Waals surface area contributed by atoms with Crippen molar-refractivity contribution >= 4 is 17.7 Å². The molecular weight excluding hydrogens is 420 g/mol. The number of ether oxygens (including phenoxy) is 1. The van der Waals surface area contributed by atoms with Crippen molar-refractivity contribution in [3.63, 3.8) is 0 Å². The van der Waals surface area contributed by atoms with Crippen molar-refractivity contribution < 1.29 is 14.3 Å². The van der Waals surface area contributed by atoms with Crippen LogP contribution in [0, 0.1) is 19.3 Å². The van der Waals surface area contributed by atoms with Crippen LogP contribution in [0.4, 0.5) is 5.82 Å². The lowest BCUT2D eigenvalue weighted by Crippen LogP contribution is -2.45. The molecular formula is C25H30N4O4. The molecule has 8 heteroatoms. The van der Waals surface area contributed by atoms with E-state index < -0.39 is 0 Å². The molecule has 2 fully saturated rings. The van der Waals surface area contributed by atoms with E-state index in [4.69, 9.17) is 4.74 Å². The standard InChI is InChI=1S/C25H30N4O4/c1-16-14-21(26-27(3)22(16)30)29-13-9-25(24(29)32)7-11-28(12-8-25)10-6-18-4-5-19-20(17(18)2)15-33-23(19)31/h4-5,14H,6-13,15H2,1-3H3. The molecule has 174 valence electrons. The number of anilines is 1. The largest absolute Gasteiger partial charge is 0.457 e. The third-order valence-corrected chi connectivity index (χ3v) is 7.81. The minimum Gasteiger partial charge on any atom is -0.457 e. The normalized spacial score (nSPS) is 19.9. The van der Waals surface area contributed by atoms with Gasteiger partial charge in [0.05, 0.1) is 11.0 Å². The highest BCUT2D eigenvalue weighted by atomic mass is 16.5. The summed E-state index contributed by atoms with van der Waals surface area (Å²) in [6, 6.07) is 5.66. The van der Waals surface area contributed by atoms with E-state index in [1.807, 2.05) is 12.1 Å². The molecule has 4 heterocycles. The molecule has 1 spiro atoms. The van der Waals surface area contributed by atoms with Gasteiger partial charge in [0.15, 0.2) is 5.82 Å². The summed E-state index contributed by atoms with van der Waals surface area (Å²) in [5.74, 6) is 0.500. The lowest BCUT2D eigenvalue weighted by Gasteiger charge is -2.38. The average molecular weight is 451 g/mol. The van der Waals surface area contributed by atoms with Crippen LogP contribution in [0.5, 0.6) is 0 Å². The first-order valence-corrected chi connectivity index (χ1v) is 11.7. The third kappa shape index (κ3) is 3.66. The van der Waals surface area contributed by atoms with E-state index >= 15 is 0 Å². The molecule has 0 unspecified atom stereocenters. The van der Waals surface area contributed by atoms with Crippen LogP contribution >= 0.6 is 0 Å². The number of esters is 1. The van der Waals surface area contributed by atoms with Gasteiger partial charge in [0.2, 0.25) is 5.91 Å². The first kappa shape index (κ1) is 21.8. The molecule has 0 radical (unpaired) electrons. The Morgan fingerprint density at radius 1 is 1.06 bits per heavy atom. The summed E-state index contributed by atoms with van der Waals surface area (Å²) in [6.45, 7) is 7.58. The molecule has 0 saturated carbocycles. The first-order chi connectivity index (χ1) is 15.8. The molecule has 2 aromatic rings. The number of hydrogen-bond donors (Lipinski definition) is 0. The topological polar surface area (TPSA) is 84.7 Å². The number of likely N-dealkylation sites (tertiary alicyclic amines) is 1.